The lowest BCUT2D eigenvalue weighted by Crippen LogP contribution is -2.56. The van der Waals surface area contributed by atoms with Crippen molar-refractivity contribution in [2.75, 3.05) is 0 Å². The van der Waals surface area contributed by atoms with E-state index < -0.39 is 11.9 Å². The number of amides is 4. The standard InChI is InChI=1S/C14H24N2O3/c1-3-5-7-9-11(8-6-4-2)16-13(18)10-12(17)15-14(16)19/h11H,3-10H2,1-2H3,(H,15,17,19). The minimum atomic E-state index is -0.543. The molecule has 1 aliphatic heterocycles. The second kappa shape index (κ2) is 7.92. The van der Waals surface area contributed by atoms with Crippen LogP contribution in [0.15, 0.2) is 0 Å². The molecule has 1 atom stereocenters. The zero-order valence-electron chi connectivity index (χ0n) is 11.9. The fourth-order valence-corrected chi connectivity index (χ4v) is 2.40. The van der Waals surface area contributed by atoms with Gasteiger partial charge in [-0.1, -0.05) is 46.0 Å². The number of carbonyl (C=O) groups is 3. The molecule has 0 radical (unpaired) electrons. The third-order valence-electron chi connectivity index (χ3n) is 3.44. The Morgan fingerprint density at radius 1 is 1.05 bits per heavy atom. The van der Waals surface area contributed by atoms with Crippen LogP contribution in [0.5, 0.6) is 0 Å². The van der Waals surface area contributed by atoms with Gasteiger partial charge in [0, 0.05) is 6.04 Å². The zero-order valence-corrected chi connectivity index (χ0v) is 11.9. The summed E-state index contributed by atoms with van der Waals surface area (Å²) in [4.78, 5) is 36.1. The Kier molecular flexibility index (Phi) is 6.53. The Labute approximate surface area is 114 Å². The monoisotopic (exact) mass is 268 g/mol. The van der Waals surface area contributed by atoms with Gasteiger partial charge in [-0.05, 0) is 12.8 Å². The lowest BCUT2D eigenvalue weighted by molar-refractivity contribution is -0.137. The van der Waals surface area contributed by atoms with Crippen molar-refractivity contribution in [3.8, 4) is 0 Å². The van der Waals surface area contributed by atoms with Crippen molar-refractivity contribution in [1.82, 2.24) is 10.2 Å². The van der Waals surface area contributed by atoms with Crippen LogP contribution in [0.2, 0.25) is 0 Å². The minimum Gasteiger partial charge on any atom is -0.277 e. The Hall–Kier alpha value is -1.39. The predicted molar refractivity (Wildman–Crippen MR) is 72.5 cm³/mol. The van der Waals surface area contributed by atoms with E-state index in [0.717, 1.165) is 44.9 Å². The molecule has 0 spiro atoms. The van der Waals surface area contributed by atoms with Crippen molar-refractivity contribution in [1.29, 1.82) is 0 Å². The van der Waals surface area contributed by atoms with Crippen LogP contribution in [0.1, 0.15) is 65.2 Å². The number of hydrogen-bond donors (Lipinski definition) is 1. The van der Waals surface area contributed by atoms with Crippen LogP contribution >= 0.6 is 0 Å². The maximum absolute atomic E-state index is 11.9. The molecule has 1 saturated heterocycles. The maximum atomic E-state index is 11.9. The molecule has 0 bridgehead atoms. The Morgan fingerprint density at radius 2 is 1.68 bits per heavy atom. The summed E-state index contributed by atoms with van der Waals surface area (Å²) in [5.41, 5.74) is 0. The molecule has 1 heterocycles. The molecule has 0 aromatic rings. The van der Waals surface area contributed by atoms with E-state index in [2.05, 4.69) is 19.2 Å². The average Bonchev–Trinajstić information content (AvgIpc) is 2.34. The predicted octanol–water partition coefficient (Wildman–Crippen LogP) is 2.59. The number of carbonyl (C=O) groups excluding carboxylic acids is 3. The summed E-state index contributed by atoms with van der Waals surface area (Å²) < 4.78 is 0. The van der Waals surface area contributed by atoms with Crippen molar-refractivity contribution in [3.63, 3.8) is 0 Å². The molecule has 1 N–H and O–H groups in total. The molecule has 1 rings (SSSR count). The van der Waals surface area contributed by atoms with Crippen LogP contribution in [0.25, 0.3) is 0 Å². The van der Waals surface area contributed by atoms with Gasteiger partial charge >= 0.3 is 6.03 Å². The summed E-state index contributed by atoms with van der Waals surface area (Å²) in [6.07, 6.45) is 6.70. The fraction of sp³-hybridized carbons (Fsp3) is 0.786. The van der Waals surface area contributed by atoms with Crippen molar-refractivity contribution in [2.24, 2.45) is 0 Å². The van der Waals surface area contributed by atoms with E-state index in [-0.39, 0.29) is 18.4 Å². The third kappa shape index (κ3) is 4.65. The third-order valence-corrected chi connectivity index (χ3v) is 3.44. The van der Waals surface area contributed by atoms with Crippen molar-refractivity contribution in [2.45, 2.75) is 71.3 Å². The normalized spacial score (nSPS) is 17.6. The van der Waals surface area contributed by atoms with E-state index in [9.17, 15) is 14.4 Å². The summed E-state index contributed by atoms with van der Waals surface area (Å²) in [6.45, 7) is 4.21. The second-order valence-corrected chi connectivity index (χ2v) is 5.09. The number of imide groups is 2. The molecule has 4 amide bonds. The largest absolute Gasteiger partial charge is 0.331 e. The van der Waals surface area contributed by atoms with Gasteiger partial charge in [-0.3, -0.25) is 19.8 Å². The molecule has 19 heavy (non-hydrogen) atoms. The number of rotatable bonds is 8. The molecule has 0 aromatic carbocycles. The van der Waals surface area contributed by atoms with Crippen LogP contribution in [0.4, 0.5) is 4.79 Å². The highest BCUT2D eigenvalue weighted by molar-refractivity contribution is 6.14. The SMILES string of the molecule is CCCCCC(CCCC)N1C(=O)CC(=O)NC1=O. The van der Waals surface area contributed by atoms with Gasteiger partial charge in [-0.15, -0.1) is 0 Å². The maximum Gasteiger partial charge on any atom is 0.331 e. The van der Waals surface area contributed by atoms with E-state index in [4.69, 9.17) is 0 Å². The number of hydrogen-bond acceptors (Lipinski definition) is 3. The van der Waals surface area contributed by atoms with Crippen molar-refractivity contribution < 1.29 is 14.4 Å². The zero-order chi connectivity index (χ0) is 14.3. The lowest BCUT2D eigenvalue weighted by atomic mass is 10.0. The van der Waals surface area contributed by atoms with Crippen LogP contribution in [-0.4, -0.2) is 28.8 Å². The summed E-state index contributed by atoms with van der Waals surface area (Å²) in [7, 11) is 0. The molecule has 1 fully saturated rings. The summed E-state index contributed by atoms with van der Waals surface area (Å²) in [6, 6.07) is -0.606. The number of nitrogens with zero attached hydrogens (tertiary/aromatic N) is 1. The molecule has 0 aromatic heterocycles. The van der Waals surface area contributed by atoms with Gasteiger partial charge in [-0.2, -0.15) is 0 Å². The van der Waals surface area contributed by atoms with Crippen LogP contribution < -0.4 is 5.32 Å². The topological polar surface area (TPSA) is 66.5 Å². The van der Waals surface area contributed by atoms with E-state index in [1.807, 2.05) is 0 Å². The molecule has 0 aliphatic carbocycles. The van der Waals surface area contributed by atoms with Gasteiger partial charge in [-0.25, -0.2) is 4.79 Å². The first kappa shape index (κ1) is 15.7. The second-order valence-electron chi connectivity index (χ2n) is 5.09. The van der Waals surface area contributed by atoms with Gasteiger partial charge in [0.1, 0.15) is 6.42 Å². The minimum absolute atomic E-state index is 0.0629. The summed E-state index contributed by atoms with van der Waals surface area (Å²) >= 11 is 0. The first-order valence-electron chi connectivity index (χ1n) is 7.26. The molecule has 0 saturated carbocycles. The van der Waals surface area contributed by atoms with Gasteiger partial charge in [0.2, 0.25) is 11.8 Å². The Balaban J connectivity index is 2.68. The lowest BCUT2D eigenvalue weighted by Gasteiger charge is -2.32. The number of unbranched alkanes of at least 4 members (excludes halogenated alkanes) is 3. The van der Waals surface area contributed by atoms with Gasteiger partial charge in [0.25, 0.3) is 0 Å². The quantitative estimate of drug-likeness (QED) is 0.543. The molecule has 5 heteroatoms. The highest BCUT2D eigenvalue weighted by Gasteiger charge is 2.35. The Morgan fingerprint density at radius 3 is 2.26 bits per heavy atom. The van der Waals surface area contributed by atoms with Gasteiger partial charge in [0.05, 0.1) is 0 Å². The van der Waals surface area contributed by atoms with Crippen molar-refractivity contribution in [3.05, 3.63) is 0 Å². The number of urea groups is 1. The first-order valence-corrected chi connectivity index (χ1v) is 7.26. The van der Waals surface area contributed by atoms with Crippen molar-refractivity contribution >= 4 is 17.8 Å². The van der Waals surface area contributed by atoms with E-state index in [1.165, 1.54) is 4.90 Å². The summed E-state index contributed by atoms with van der Waals surface area (Å²) in [5, 5.41) is 2.23. The smallest absolute Gasteiger partial charge is 0.277 e. The fourth-order valence-electron chi connectivity index (χ4n) is 2.40. The van der Waals surface area contributed by atoms with Gasteiger partial charge < -0.3 is 0 Å². The highest BCUT2D eigenvalue weighted by atomic mass is 16.2. The van der Waals surface area contributed by atoms with Gasteiger partial charge in [0.15, 0.2) is 0 Å². The van der Waals surface area contributed by atoms with E-state index in [0.29, 0.717) is 0 Å². The highest BCUT2D eigenvalue weighted by Crippen LogP contribution is 2.19. The van der Waals surface area contributed by atoms with Crippen LogP contribution in [-0.2, 0) is 9.59 Å². The molecule has 108 valence electrons. The number of barbiturate groups is 1. The van der Waals surface area contributed by atoms with Crippen LogP contribution in [0, 0.1) is 0 Å². The Bertz CT molecular complexity index is 322. The average molecular weight is 268 g/mol. The molecule has 1 aliphatic rings. The molecular weight excluding hydrogens is 244 g/mol. The van der Waals surface area contributed by atoms with E-state index >= 15 is 0 Å². The van der Waals surface area contributed by atoms with Crippen LogP contribution in [0.3, 0.4) is 0 Å². The molecule has 1 unspecified atom stereocenters. The molecule has 5 nitrogen and oxygen atoms in total. The molecular formula is C14H24N2O3. The number of nitrogens with one attached hydrogen (secondary N) is 1. The first-order chi connectivity index (χ1) is 9.10. The summed E-state index contributed by atoms with van der Waals surface area (Å²) in [5.74, 6) is -0.847. The van der Waals surface area contributed by atoms with E-state index in [1.54, 1.807) is 0 Å².